The van der Waals surface area contributed by atoms with Crippen LogP contribution < -0.4 is 10.1 Å². The van der Waals surface area contributed by atoms with Gasteiger partial charge in [0.15, 0.2) is 11.5 Å². The van der Waals surface area contributed by atoms with E-state index in [0.29, 0.717) is 18.8 Å². The number of phenolic OH excluding ortho intramolecular Hbond substituents is 1. The van der Waals surface area contributed by atoms with Crippen LogP contribution in [0, 0.1) is 6.92 Å². The summed E-state index contributed by atoms with van der Waals surface area (Å²) in [6.45, 7) is 4.50. The molecule has 0 amide bonds. The van der Waals surface area contributed by atoms with Gasteiger partial charge in [-0.05, 0) is 43.2 Å². The third-order valence-electron chi connectivity index (χ3n) is 5.30. The molecule has 3 aromatic carbocycles. The fourth-order valence-electron chi connectivity index (χ4n) is 3.76. The molecule has 1 heterocycles. The van der Waals surface area contributed by atoms with Crippen LogP contribution in [0.15, 0.2) is 76.2 Å². The first-order valence-electron chi connectivity index (χ1n) is 10.1. The molecule has 1 aliphatic heterocycles. The number of nitrogens with one attached hydrogen (secondary N) is 1. The van der Waals surface area contributed by atoms with E-state index in [0.717, 1.165) is 26.9 Å². The van der Waals surface area contributed by atoms with Crippen LogP contribution in [0.2, 0.25) is 0 Å². The summed E-state index contributed by atoms with van der Waals surface area (Å²) in [5, 5.41) is 14.5. The Bertz CT molecular complexity index is 1060. The van der Waals surface area contributed by atoms with Crippen molar-refractivity contribution < 1.29 is 9.84 Å². The van der Waals surface area contributed by atoms with E-state index in [4.69, 9.17) is 9.73 Å². The molecule has 0 unspecified atom stereocenters. The zero-order valence-corrected chi connectivity index (χ0v) is 18.7. The van der Waals surface area contributed by atoms with Crippen LogP contribution in [0.4, 0.5) is 0 Å². The average molecular weight is 465 g/mol. The SMILES string of the molecule is CCOc1cccc([C@@H]2CC(c3cccc(Br)c3)=N[C@H](c3ccc(C)cc3)N2)c1O. The number of nitrogens with zero attached hydrogens (tertiary/aromatic N) is 1. The van der Waals surface area contributed by atoms with Gasteiger partial charge in [-0.15, -0.1) is 0 Å². The van der Waals surface area contributed by atoms with Gasteiger partial charge < -0.3 is 9.84 Å². The highest BCUT2D eigenvalue weighted by molar-refractivity contribution is 9.10. The summed E-state index contributed by atoms with van der Waals surface area (Å²) >= 11 is 3.57. The van der Waals surface area contributed by atoms with E-state index in [-0.39, 0.29) is 18.0 Å². The minimum Gasteiger partial charge on any atom is -0.504 e. The summed E-state index contributed by atoms with van der Waals surface area (Å²) in [6, 6.07) is 22.2. The van der Waals surface area contributed by atoms with Crippen molar-refractivity contribution >= 4 is 21.6 Å². The van der Waals surface area contributed by atoms with E-state index in [1.54, 1.807) is 6.07 Å². The molecule has 2 atom stereocenters. The lowest BCUT2D eigenvalue weighted by Gasteiger charge is -2.31. The Labute approximate surface area is 185 Å². The van der Waals surface area contributed by atoms with Gasteiger partial charge in [0.2, 0.25) is 0 Å². The van der Waals surface area contributed by atoms with Crippen molar-refractivity contribution in [2.75, 3.05) is 6.61 Å². The van der Waals surface area contributed by atoms with Crippen LogP contribution in [-0.2, 0) is 0 Å². The van der Waals surface area contributed by atoms with Gasteiger partial charge in [0.25, 0.3) is 0 Å². The lowest BCUT2D eigenvalue weighted by molar-refractivity contribution is 0.313. The number of halogens is 1. The summed E-state index contributed by atoms with van der Waals surface area (Å²) in [5.41, 5.74) is 5.21. The topological polar surface area (TPSA) is 53.8 Å². The monoisotopic (exact) mass is 464 g/mol. The van der Waals surface area contributed by atoms with Crippen molar-refractivity contribution in [3.63, 3.8) is 0 Å². The maximum atomic E-state index is 10.9. The number of aromatic hydroxyl groups is 1. The number of hydrogen-bond acceptors (Lipinski definition) is 4. The van der Waals surface area contributed by atoms with Gasteiger partial charge in [0.1, 0.15) is 6.17 Å². The van der Waals surface area contributed by atoms with E-state index in [2.05, 4.69) is 64.6 Å². The molecule has 5 heteroatoms. The number of hydrogen-bond donors (Lipinski definition) is 2. The summed E-state index contributed by atoms with van der Waals surface area (Å²) in [7, 11) is 0. The van der Waals surface area contributed by atoms with Crippen LogP contribution in [0.5, 0.6) is 11.5 Å². The average Bonchev–Trinajstić information content (AvgIpc) is 2.75. The number of aliphatic imine (C=N–C) groups is 1. The van der Waals surface area contributed by atoms with Crippen molar-refractivity contribution in [1.82, 2.24) is 5.32 Å². The molecule has 0 saturated heterocycles. The highest BCUT2D eigenvalue weighted by atomic mass is 79.9. The Morgan fingerprint density at radius 2 is 1.87 bits per heavy atom. The first kappa shape index (κ1) is 20.6. The predicted octanol–water partition coefficient (Wildman–Crippen LogP) is 6.08. The Kier molecular flexibility index (Phi) is 6.21. The van der Waals surface area contributed by atoms with Gasteiger partial charge in [0, 0.05) is 28.2 Å². The Morgan fingerprint density at radius 3 is 2.60 bits per heavy atom. The lowest BCUT2D eigenvalue weighted by Crippen LogP contribution is -2.33. The van der Waals surface area contributed by atoms with Gasteiger partial charge in [-0.25, -0.2) is 0 Å². The Morgan fingerprint density at radius 1 is 1.10 bits per heavy atom. The molecule has 1 aliphatic rings. The van der Waals surface area contributed by atoms with Crippen LogP contribution >= 0.6 is 15.9 Å². The zero-order valence-electron chi connectivity index (χ0n) is 17.1. The normalized spacial score (nSPS) is 18.7. The van der Waals surface area contributed by atoms with E-state index in [1.165, 1.54) is 5.56 Å². The number of para-hydroxylation sites is 1. The van der Waals surface area contributed by atoms with Gasteiger partial charge in [0.05, 0.1) is 6.61 Å². The maximum absolute atomic E-state index is 10.9. The minimum atomic E-state index is -0.200. The van der Waals surface area contributed by atoms with E-state index in [1.807, 2.05) is 31.2 Å². The molecule has 0 aromatic heterocycles. The Balaban J connectivity index is 1.75. The molecule has 154 valence electrons. The second-order valence-electron chi connectivity index (χ2n) is 7.45. The van der Waals surface area contributed by atoms with Crippen molar-refractivity contribution in [2.24, 2.45) is 4.99 Å². The molecule has 0 aliphatic carbocycles. The fourth-order valence-corrected chi connectivity index (χ4v) is 4.16. The number of rotatable bonds is 5. The molecule has 0 saturated carbocycles. The number of phenols is 1. The molecule has 3 aromatic rings. The second kappa shape index (κ2) is 9.02. The molecule has 0 fully saturated rings. The van der Waals surface area contributed by atoms with Gasteiger partial charge in [-0.2, -0.15) is 0 Å². The van der Waals surface area contributed by atoms with Crippen molar-refractivity contribution in [2.45, 2.75) is 32.5 Å². The molecule has 4 rings (SSSR count). The molecular weight excluding hydrogens is 440 g/mol. The summed E-state index contributed by atoms with van der Waals surface area (Å²) in [6.07, 6.45) is 0.468. The smallest absolute Gasteiger partial charge is 0.162 e. The minimum absolute atomic E-state index is 0.0943. The van der Waals surface area contributed by atoms with Crippen molar-refractivity contribution in [1.29, 1.82) is 0 Å². The number of aryl methyl sites for hydroxylation is 1. The second-order valence-corrected chi connectivity index (χ2v) is 8.37. The van der Waals surface area contributed by atoms with Gasteiger partial charge in [-0.1, -0.05) is 70.0 Å². The molecule has 2 N–H and O–H groups in total. The van der Waals surface area contributed by atoms with Crippen LogP contribution in [0.3, 0.4) is 0 Å². The first-order chi connectivity index (χ1) is 14.5. The van der Waals surface area contributed by atoms with E-state index >= 15 is 0 Å². The van der Waals surface area contributed by atoms with Crippen LogP contribution in [0.1, 0.15) is 47.8 Å². The standard InChI is InChI=1S/C25H25BrN2O2/c1-3-30-23-9-5-8-20(24(23)29)22-15-21(18-6-4-7-19(26)14-18)27-25(28-22)17-12-10-16(2)11-13-17/h4-14,22,25,28-29H,3,15H2,1-2H3/t22-,25-/m0/s1. The van der Waals surface area contributed by atoms with Gasteiger partial charge >= 0.3 is 0 Å². The zero-order chi connectivity index (χ0) is 21.1. The highest BCUT2D eigenvalue weighted by Crippen LogP contribution is 2.39. The van der Waals surface area contributed by atoms with Crippen molar-refractivity contribution in [3.8, 4) is 11.5 Å². The van der Waals surface area contributed by atoms with E-state index in [9.17, 15) is 5.11 Å². The summed E-state index contributed by atoms with van der Waals surface area (Å²) in [5.74, 6) is 0.699. The third-order valence-corrected chi connectivity index (χ3v) is 5.79. The molecule has 0 bridgehead atoms. The number of benzene rings is 3. The third kappa shape index (κ3) is 4.42. The van der Waals surface area contributed by atoms with Crippen LogP contribution in [0.25, 0.3) is 0 Å². The van der Waals surface area contributed by atoms with Crippen molar-refractivity contribution in [3.05, 3.63) is 93.5 Å². The highest BCUT2D eigenvalue weighted by Gasteiger charge is 2.28. The van der Waals surface area contributed by atoms with Crippen LogP contribution in [-0.4, -0.2) is 17.4 Å². The fraction of sp³-hybridized carbons (Fsp3) is 0.240. The first-order valence-corrected chi connectivity index (χ1v) is 10.9. The van der Waals surface area contributed by atoms with E-state index < -0.39 is 0 Å². The molecule has 0 radical (unpaired) electrons. The molecular formula is C25H25BrN2O2. The molecule has 30 heavy (non-hydrogen) atoms. The lowest BCUT2D eigenvalue weighted by atomic mass is 9.93. The maximum Gasteiger partial charge on any atom is 0.162 e. The summed E-state index contributed by atoms with van der Waals surface area (Å²) in [4.78, 5) is 5.03. The molecule has 4 nitrogen and oxygen atoms in total. The Hall–Kier alpha value is -2.63. The van der Waals surface area contributed by atoms with Gasteiger partial charge in [-0.3, -0.25) is 10.3 Å². The summed E-state index contributed by atoms with van der Waals surface area (Å²) < 4.78 is 6.63. The predicted molar refractivity (Wildman–Crippen MR) is 124 cm³/mol. The largest absolute Gasteiger partial charge is 0.504 e. The number of ether oxygens (including phenoxy) is 1. The quantitative estimate of drug-likeness (QED) is 0.480. The molecule has 0 spiro atoms.